The number of oxazole rings is 1. The van der Waals surface area contributed by atoms with Gasteiger partial charge in [-0.25, -0.2) is 14.6 Å². The van der Waals surface area contributed by atoms with Gasteiger partial charge in [0.15, 0.2) is 5.58 Å². The predicted octanol–water partition coefficient (Wildman–Crippen LogP) is 4.56. The van der Waals surface area contributed by atoms with E-state index in [0.717, 1.165) is 0 Å². The lowest BCUT2D eigenvalue weighted by Crippen LogP contribution is -2.32. The molecule has 3 aromatic rings. The highest BCUT2D eigenvalue weighted by atomic mass is 16.5. The van der Waals surface area contributed by atoms with Crippen LogP contribution in [0.2, 0.25) is 0 Å². The van der Waals surface area contributed by atoms with E-state index in [2.05, 4.69) is 10.3 Å². The van der Waals surface area contributed by atoms with Crippen molar-refractivity contribution in [3.8, 4) is 17.2 Å². The highest BCUT2D eigenvalue weighted by Gasteiger charge is 2.38. The summed E-state index contributed by atoms with van der Waals surface area (Å²) in [6.07, 6.45) is 0. The van der Waals surface area contributed by atoms with Gasteiger partial charge in [0.25, 0.3) is 0 Å². The van der Waals surface area contributed by atoms with Gasteiger partial charge in [0.1, 0.15) is 11.3 Å². The van der Waals surface area contributed by atoms with Gasteiger partial charge in [-0.1, -0.05) is 18.2 Å². The monoisotopic (exact) mass is 462 g/mol. The molecule has 0 unspecified atom stereocenters. The minimum absolute atomic E-state index is 0.0407. The Morgan fingerprint density at radius 3 is 2.21 bits per heavy atom. The second-order valence-electron chi connectivity index (χ2n) is 7.84. The van der Waals surface area contributed by atoms with Crippen LogP contribution >= 0.6 is 0 Å². The summed E-state index contributed by atoms with van der Waals surface area (Å²) in [5.74, 6) is -1.66. The van der Waals surface area contributed by atoms with Crippen LogP contribution in [0.4, 0.5) is 0 Å². The van der Waals surface area contributed by atoms with Crippen molar-refractivity contribution in [2.45, 2.75) is 33.6 Å². The van der Waals surface area contributed by atoms with E-state index in [0.29, 0.717) is 44.8 Å². The Bertz CT molecular complexity index is 1260. The lowest BCUT2D eigenvalue weighted by atomic mass is 9.80. The minimum atomic E-state index is -0.775. The summed E-state index contributed by atoms with van der Waals surface area (Å²) in [4.78, 5) is 30.5. The van der Waals surface area contributed by atoms with Gasteiger partial charge in [0.2, 0.25) is 5.89 Å². The van der Waals surface area contributed by atoms with Crippen molar-refractivity contribution >= 4 is 23.0 Å². The van der Waals surface area contributed by atoms with Gasteiger partial charge in [0, 0.05) is 11.4 Å². The molecule has 0 atom stereocenters. The van der Waals surface area contributed by atoms with Gasteiger partial charge in [0.05, 0.1) is 35.8 Å². The number of allylic oxidation sites excluding steroid dienone is 2. The Kier molecular flexibility index (Phi) is 6.40. The van der Waals surface area contributed by atoms with Crippen LogP contribution in [0, 0.1) is 0 Å². The summed E-state index contributed by atoms with van der Waals surface area (Å²) in [6, 6.07) is 12.1. The number of aromatic nitrogens is 1. The Balaban J connectivity index is 1.90. The molecule has 176 valence electrons. The smallest absolute Gasteiger partial charge is 0.336 e. The third-order valence-corrected chi connectivity index (χ3v) is 5.63. The summed E-state index contributed by atoms with van der Waals surface area (Å²) in [5.41, 5.74) is 3.89. The normalized spacial score (nSPS) is 14.4. The molecule has 0 amide bonds. The van der Waals surface area contributed by atoms with E-state index in [1.54, 1.807) is 45.9 Å². The molecular formula is C26H26N2O6. The molecular weight excluding hydrogens is 436 g/mol. The molecule has 2 aromatic carbocycles. The van der Waals surface area contributed by atoms with Crippen LogP contribution in [0.1, 0.15) is 39.2 Å². The fraction of sp³-hybridized carbons (Fsp3) is 0.269. The van der Waals surface area contributed by atoms with Crippen molar-refractivity contribution in [1.29, 1.82) is 0 Å². The lowest BCUT2D eigenvalue weighted by molar-refractivity contribution is -0.139. The minimum Gasteiger partial charge on any atom is -0.507 e. The zero-order valence-electron chi connectivity index (χ0n) is 19.5. The highest BCUT2D eigenvalue weighted by Crippen LogP contribution is 2.42. The van der Waals surface area contributed by atoms with Gasteiger partial charge in [-0.05, 0) is 57.5 Å². The third-order valence-electron chi connectivity index (χ3n) is 5.63. The summed E-state index contributed by atoms with van der Waals surface area (Å²) >= 11 is 0. The van der Waals surface area contributed by atoms with Crippen LogP contribution < -0.4 is 5.32 Å². The Labute approximate surface area is 196 Å². The maximum absolute atomic E-state index is 13.0. The fourth-order valence-electron chi connectivity index (χ4n) is 4.18. The summed E-state index contributed by atoms with van der Waals surface area (Å²) in [5, 5.41) is 13.7. The standard InChI is InChI=1S/C26H26N2O6/c1-5-32-25(30)21-14(3)27-15(4)22(26(31)33-6-2)23(21)16-11-12-19(29)17(13-16)24-28-18-9-7-8-10-20(18)34-24/h7-13,23,27,29H,5-6H2,1-4H3. The van der Waals surface area contributed by atoms with Crippen LogP contribution in [0.5, 0.6) is 5.75 Å². The summed E-state index contributed by atoms with van der Waals surface area (Å²) < 4.78 is 16.5. The number of esters is 2. The lowest BCUT2D eigenvalue weighted by Gasteiger charge is -2.30. The number of nitrogens with zero attached hydrogens (tertiary/aromatic N) is 1. The van der Waals surface area contributed by atoms with Crippen molar-refractivity contribution in [2.24, 2.45) is 0 Å². The number of fused-ring (bicyclic) bond motifs is 1. The van der Waals surface area contributed by atoms with Crippen LogP contribution in [-0.2, 0) is 19.1 Å². The number of hydrogen-bond acceptors (Lipinski definition) is 8. The van der Waals surface area contributed by atoms with Gasteiger partial charge >= 0.3 is 11.9 Å². The van der Waals surface area contributed by atoms with E-state index in [1.807, 2.05) is 18.2 Å². The van der Waals surface area contributed by atoms with Gasteiger partial charge in [-0.2, -0.15) is 0 Å². The molecule has 4 rings (SSSR count). The maximum atomic E-state index is 13.0. The van der Waals surface area contributed by atoms with E-state index >= 15 is 0 Å². The number of para-hydroxylation sites is 2. The number of phenols is 1. The molecule has 0 fully saturated rings. The molecule has 0 saturated carbocycles. The summed E-state index contributed by atoms with van der Waals surface area (Å²) in [6.45, 7) is 7.32. The quantitative estimate of drug-likeness (QED) is 0.513. The second kappa shape index (κ2) is 9.43. The van der Waals surface area contributed by atoms with Crippen molar-refractivity contribution in [1.82, 2.24) is 10.3 Å². The average Bonchev–Trinajstić information content (AvgIpc) is 3.23. The number of phenolic OH excluding ortho intramolecular Hbond substituents is 1. The van der Waals surface area contributed by atoms with E-state index in [9.17, 15) is 14.7 Å². The van der Waals surface area contributed by atoms with E-state index in [-0.39, 0.29) is 24.9 Å². The first-order chi connectivity index (χ1) is 16.3. The van der Waals surface area contributed by atoms with Crippen LogP contribution in [0.15, 0.2) is 69.4 Å². The van der Waals surface area contributed by atoms with Gasteiger partial charge < -0.3 is 24.3 Å². The number of rotatable bonds is 6. The fourth-order valence-corrected chi connectivity index (χ4v) is 4.18. The molecule has 0 saturated heterocycles. The van der Waals surface area contributed by atoms with Crippen molar-refractivity contribution in [2.75, 3.05) is 13.2 Å². The number of ether oxygens (including phenoxy) is 2. The number of carbonyl (C=O) groups excluding carboxylic acids is 2. The predicted molar refractivity (Wildman–Crippen MR) is 126 cm³/mol. The van der Waals surface area contributed by atoms with E-state index in [1.165, 1.54) is 6.07 Å². The van der Waals surface area contributed by atoms with Crippen LogP contribution in [-0.4, -0.2) is 35.2 Å². The van der Waals surface area contributed by atoms with Crippen LogP contribution in [0.25, 0.3) is 22.6 Å². The molecule has 2 heterocycles. The zero-order chi connectivity index (χ0) is 24.4. The highest BCUT2D eigenvalue weighted by molar-refractivity contribution is 6.00. The third kappa shape index (κ3) is 4.14. The summed E-state index contributed by atoms with van der Waals surface area (Å²) in [7, 11) is 0. The van der Waals surface area contributed by atoms with Gasteiger partial charge in [-0.3, -0.25) is 0 Å². The van der Waals surface area contributed by atoms with E-state index in [4.69, 9.17) is 13.9 Å². The molecule has 0 radical (unpaired) electrons. The Hall–Kier alpha value is -4.07. The van der Waals surface area contributed by atoms with Crippen LogP contribution in [0.3, 0.4) is 0 Å². The Morgan fingerprint density at radius 1 is 1.00 bits per heavy atom. The van der Waals surface area contributed by atoms with Crippen molar-refractivity contribution in [3.63, 3.8) is 0 Å². The average molecular weight is 463 g/mol. The SMILES string of the molecule is CCOC(=O)C1=C(C)NC(C)=C(C(=O)OCC)C1c1ccc(O)c(-c2nc3ccccc3o2)c1. The van der Waals surface area contributed by atoms with E-state index < -0.39 is 17.9 Å². The molecule has 0 bridgehead atoms. The number of dihydropyridines is 1. The molecule has 0 spiro atoms. The molecule has 8 nitrogen and oxygen atoms in total. The number of benzene rings is 2. The first kappa shape index (κ1) is 23.1. The largest absolute Gasteiger partial charge is 0.507 e. The molecule has 1 aromatic heterocycles. The first-order valence-electron chi connectivity index (χ1n) is 11.1. The number of carbonyl (C=O) groups is 2. The first-order valence-corrected chi connectivity index (χ1v) is 11.1. The topological polar surface area (TPSA) is 111 Å². The van der Waals surface area contributed by atoms with Crippen molar-refractivity contribution in [3.05, 3.63) is 70.6 Å². The zero-order valence-corrected chi connectivity index (χ0v) is 19.5. The second-order valence-corrected chi connectivity index (χ2v) is 7.84. The number of hydrogen-bond donors (Lipinski definition) is 2. The van der Waals surface area contributed by atoms with Crippen molar-refractivity contribution < 1.29 is 28.6 Å². The molecule has 8 heteroatoms. The number of nitrogens with one attached hydrogen (secondary N) is 1. The molecule has 0 aliphatic carbocycles. The van der Waals surface area contributed by atoms with Gasteiger partial charge in [-0.15, -0.1) is 0 Å². The molecule has 1 aliphatic rings. The maximum Gasteiger partial charge on any atom is 0.336 e. The molecule has 1 aliphatic heterocycles. The number of aromatic hydroxyl groups is 1. The Morgan fingerprint density at radius 2 is 1.62 bits per heavy atom. The molecule has 34 heavy (non-hydrogen) atoms. The molecule has 2 N–H and O–H groups in total.